The zero-order chi connectivity index (χ0) is 44.5. The molecule has 0 aromatic carbocycles. The maximum atomic E-state index is 12.7. The Balaban J connectivity index is 2.42. The Labute approximate surface area is 363 Å². The van der Waals surface area contributed by atoms with Crippen molar-refractivity contribution in [3.8, 4) is 0 Å². The summed E-state index contributed by atoms with van der Waals surface area (Å²) in [6.45, 7) is 8.30. The first kappa shape index (κ1) is 55.2. The third kappa shape index (κ3) is 30.3. The Kier molecular flexibility index (Phi) is 31.1. The van der Waals surface area contributed by atoms with E-state index in [1.807, 2.05) is 34.1 Å². The third-order valence-corrected chi connectivity index (χ3v) is 11.2. The number of furan rings is 1. The van der Waals surface area contributed by atoms with Gasteiger partial charge < -0.3 is 28.4 Å². The number of carbonyl (C=O) groups excluding carboxylic acids is 2. The fraction of sp³-hybridized carbons (Fsp3) is 0.708. The van der Waals surface area contributed by atoms with Crippen LogP contribution in [0, 0.1) is 13.8 Å². The minimum absolute atomic E-state index is 0.00510. The van der Waals surface area contributed by atoms with Gasteiger partial charge in [-0.3, -0.25) is 18.6 Å². The Morgan fingerprint density at radius 1 is 0.700 bits per heavy atom. The van der Waals surface area contributed by atoms with E-state index in [1.165, 1.54) is 30.4 Å². The molecule has 1 rings (SSSR count). The van der Waals surface area contributed by atoms with Crippen molar-refractivity contribution in [2.24, 2.45) is 0 Å². The number of nitrogens with zero attached hydrogens (tertiary/aromatic N) is 1. The Morgan fingerprint density at radius 2 is 1.23 bits per heavy atom. The van der Waals surface area contributed by atoms with Crippen LogP contribution < -0.4 is 0 Å². The van der Waals surface area contributed by atoms with Crippen LogP contribution in [-0.2, 0) is 45.5 Å². The molecule has 11 nitrogen and oxygen atoms in total. The molecule has 0 aliphatic rings. The van der Waals surface area contributed by atoms with Gasteiger partial charge in [0.05, 0.1) is 33.9 Å². The number of esters is 2. The van der Waals surface area contributed by atoms with Gasteiger partial charge in [-0.1, -0.05) is 101 Å². The van der Waals surface area contributed by atoms with Crippen LogP contribution in [0.15, 0.2) is 53.0 Å². The lowest BCUT2D eigenvalue weighted by atomic mass is 10.0. The number of aryl methyl sites for hydroxylation is 2. The van der Waals surface area contributed by atoms with Crippen molar-refractivity contribution in [2.75, 3.05) is 47.5 Å². The largest absolute Gasteiger partial charge is 0.472 e. The lowest BCUT2D eigenvalue weighted by Crippen LogP contribution is -2.37. The van der Waals surface area contributed by atoms with Crippen LogP contribution >= 0.6 is 7.82 Å². The number of allylic oxidation sites excluding steroid dienone is 8. The summed E-state index contributed by atoms with van der Waals surface area (Å²) in [6.07, 6.45) is 33.7. The fourth-order valence-electron chi connectivity index (χ4n) is 6.16. The first-order valence-corrected chi connectivity index (χ1v) is 24.3. The molecule has 12 heteroatoms. The van der Waals surface area contributed by atoms with Crippen LogP contribution in [0.4, 0.5) is 0 Å². The van der Waals surface area contributed by atoms with Crippen molar-refractivity contribution < 1.29 is 51.6 Å². The Hall–Kier alpha value is -2.79. The summed E-state index contributed by atoms with van der Waals surface area (Å²) in [5, 5.41) is 9.58. The molecule has 3 atom stereocenters. The molecule has 0 spiro atoms. The number of aliphatic hydroxyl groups is 1. The number of phosphoric acid groups is 1. The number of aliphatic hydroxyl groups excluding tert-OH is 1. The number of quaternary nitrogens is 1. The molecule has 0 bridgehead atoms. The molecule has 0 saturated heterocycles. The van der Waals surface area contributed by atoms with Gasteiger partial charge in [0.1, 0.15) is 31.3 Å². The first-order valence-electron chi connectivity index (χ1n) is 22.8. The summed E-state index contributed by atoms with van der Waals surface area (Å²) in [4.78, 5) is 35.5. The number of phosphoric ester groups is 1. The lowest BCUT2D eigenvalue weighted by Gasteiger charge is -2.24. The molecule has 60 heavy (non-hydrogen) atoms. The van der Waals surface area contributed by atoms with E-state index in [9.17, 15) is 24.2 Å². The van der Waals surface area contributed by atoms with Crippen molar-refractivity contribution >= 4 is 19.8 Å². The highest BCUT2D eigenvalue weighted by atomic mass is 31.2. The first-order chi connectivity index (χ1) is 28.7. The summed E-state index contributed by atoms with van der Waals surface area (Å²) in [5.41, 5.74) is 2.60. The van der Waals surface area contributed by atoms with Gasteiger partial charge in [-0.05, 0) is 95.6 Å². The van der Waals surface area contributed by atoms with Crippen LogP contribution in [0.2, 0.25) is 0 Å². The molecule has 1 unspecified atom stereocenters. The number of rotatable bonds is 37. The zero-order valence-electron chi connectivity index (χ0n) is 38.5. The second kappa shape index (κ2) is 33.8. The quantitative estimate of drug-likeness (QED) is 0.0218. The van der Waals surface area contributed by atoms with Gasteiger partial charge in [-0.15, -0.1) is 0 Å². The Bertz CT molecular complexity index is 1460. The molecule has 1 aromatic rings. The van der Waals surface area contributed by atoms with Crippen LogP contribution in [0.3, 0.4) is 0 Å². The number of likely N-dealkylation sites (N-methyl/N-ethyl adjacent to an activating group) is 1. The van der Waals surface area contributed by atoms with Gasteiger partial charge in [-0.25, -0.2) is 4.57 Å². The van der Waals surface area contributed by atoms with Crippen LogP contribution in [0.5, 0.6) is 0 Å². The molecule has 1 heterocycles. The number of carbonyl (C=O) groups is 2. The average molecular weight is 865 g/mol. The van der Waals surface area contributed by atoms with Crippen molar-refractivity contribution in [1.82, 2.24) is 0 Å². The van der Waals surface area contributed by atoms with Crippen LogP contribution in [0.1, 0.15) is 158 Å². The molecule has 0 saturated carbocycles. The number of hydrogen-bond acceptors (Lipinski definition) is 9. The number of ether oxygens (including phenoxy) is 2. The average Bonchev–Trinajstić information content (AvgIpc) is 3.46. The predicted molar refractivity (Wildman–Crippen MR) is 243 cm³/mol. The van der Waals surface area contributed by atoms with E-state index in [4.69, 9.17) is 22.9 Å². The van der Waals surface area contributed by atoms with Gasteiger partial charge in [0.15, 0.2) is 6.10 Å². The maximum absolute atomic E-state index is 12.7. The predicted octanol–water partition coefficient (Wildman–Crippen LogP) is 11.3. The smallest absolute Gasteiger partial charge is 0.466 e. The zero-order valence-corrected chi connectivity index (χ0v) is 39.4. The van der Waals surface area contributed by atoms with Crippen LogP contribution in [0.25, 0.3) is 0 Å². The van der Waals surface area contributed by atoms with Crippen molar-refractivity contribution in [1.29, 1.82) is 0 Å². The van der Waals surface area contributed by atoms with E-state index in [2.05, 4.69) is 63.3 Å². The van der Waals surface area contributed by atoms with E-state index in [-0.39, 0.29) is 32.2 Å². The van der Waals surface area contributed by atoms with E-state index < -0.39 is 32.5 Å². The van der Waals surface area contributed by atoms with Gasteiger partial charge in [-0.2, -0.15) is 0 Å². The van der Waals surface area contributed by atoms with Crippen molar-refractivity contribution in [2.45, 2.75) is 175 Å². The molecule has 0 amide bonds. The number of hydrogen-bond donors (Lipinski definition) is 2. The highest BCUT2D eigenvalue weighted by molar-refractivity contribution is 7.47. The molecule has 0 fully saturated rings. The van der Waals surface area contributed by atoms with Crippen LogP contribution in [-0.4, -0.2) is 86.1 Å². The molecule has 0 aliphatic carbocycles. The van der Waals surface area contributed by atoms with Gasteiger partial charge >= 0.3 is 19.8 Å². The second-order valence-electron chi connectivity index (χ2n) is 16.8. The highest BCUT2D eigenvalue weighted by Crippen LogP contribution is 2.43. The topological polar surface area (TPSA) is 142 Å². The summed E-state index contributed by atoms with van der Waals surface area (Å²) < 4.78 is 40.5. The molecule has 0 aliphatic heterocycles. The standard InChI is InChI=1S/C48H82NO10P/c1-8-10-27-33-45-41(3)42(4)46(59-45)34-29-24-21-22-25-30-35-47(51)55-39-44(40-57-60(53,54)56-38-37-49(5,6)7)58-48(52)36-31-26-20-18-16-14-12-11-13-15-17-19-23-28-32-43(50)9-2/h12-15,18-20,23,43-44,50H,8-11,16-17,21-22,24-40H2,1-7H3/p+1/b14-12-,15-13-,20-18-,23-19-/t43-,44-/m1/s1. The minimum Gasteiger partial charge on any atom is -0.466 e. The molecule has 0 radical (unpaired) electrons. The number of unbranched alkanes of at least 4 members (excludes halogenated alkanes) is 8. The van der Waals surface area contributed by atoms with Gasteiger partial charge in [0.2, 0.25) is 0 Å². The summed E-state index contributed by atoms with van der Waals surface area (Å²) in [5.74, 6) is 1.35. The fourth-order valence-corrected chi connectivity index (χ4v) is 6.91. The maximum Gasteiger partial charge on any atom is 0.472 e. The second-order valence-corrected chi connectivity index (χ2v) is 18.3. The monoisotopic (exact) mass is 865 g/mol. The molecule has 344 valence electrons. The SMILES string of the molecule is CCCCCc1oc(CCCCCCCCC(=O)OC[C@H](COP(=O)(O)OCC[N+](C)(C)C)OC(=O)CCC/C=C\C/C=C\C/C=C\C/C=C\CC[C@H](O)CC)c(C)c1C. The molecular formula is C48H83NO10P+. The van der Waals surface area contributed by atoms with E-state index in [1.54, 1.807) is 0 Å². The van der Waals surface area contributed by atoms with E-state index in [0.29, 0.717) is 30.3 Å². The van der Waals surface area contributed by atoms with Crippen molar-refractivity contribution in [3.05, 3.63) is 71.3 Å². The van der Waals surface area contributed by atoms with Gasteiger partial charge in [0, 0.05) is 25.7 Å². The Morgan fingerprint density at radius 3 is 1.82 bits per heavy atom. The van der Waals surface area contributed by atoms with E-state index in [0.717, 1.165) is 95.0 Å². The third-order valence-electron chi connectivity index (χ3n) is 10.2. The normalized spacial score (nSPS) is 14.5. The van der Waals surface area contributed by atoms with E-state index >= 15 is 0 Å². The lowest BCUT2D eigenvalue weighted by molar-refractivity contribution is -0.870. The van der Waals surface area contributed by atoms with Crippen molar-refractivity contribution in [3.63, 3.8) is 0 Å². The molecule has 1 aromatic heterocycles. The highest BCUT2D eigenvalue weighted by Gasteiger charge is 2.27. The minimum atomic E-state index is -4.42. The summed E-state index contributed by atoms with van der Waals surface area (Å²) in [7, 11) is 1.39. The molecular weight excluding hydrogens is 781 g/mol. The summed E-state index contributed by atoms with van der Waals surface area (Å²) >= 11 is 0. The van der Waals surface area contributed by atoms with Gasteiger partial charge in [0.25, 0.3) is 0 Å². The summed E-state index contributed by atoms with van der Waals surface area (Å²) in [6, 6.07) is 0. The molecule has 2 N–H and O–H groups in total.